The molecule has 0 aliphatic heterocycles. The zero-order valence-electron chi connectivity index (χ0n) is 45.8. The van der Waals surface area contributed by atoms with E-state index >= 15 is 0 Å². The number of carbonyl (C=O) groups is 3. The van der Waals surface area contributed by atoms with Gasteiger partial charge in [0.25, 0.3) is 0 Å². The second-order valence-corrected chi connectivity index (χ2v) is 19.9. The van der Waals surface area contributed by atoms with Crippen LogP contribution < -0.4 is 0 Å². The van der Waals surface area contributed by atoms with Gasteiger partial charge in [0.2, 0.25) is 0 Å². The van der Waals surface area contributed by atoms with Crippen LogP contribution in [0.4, 0.5) is 0 Å². The average Bonchev–Trinajstić information content (AvgIpc) is 3.35. The molecule has 1 unspecified atom stereocenters. The van der Waals surface area contributed by atoms with Crippen molar-refractivity contribution < 1.29 is 28.6 Å². The molecule has 0 amide bonds. The van der Waals surface area contributed by atoms with E-state index in [2.05, 4.69) is 81.5 Å². The van der Waals surface area contributed by atoms with Crippen molar-refractivity contribution in [1.82, 2.24) is 0 Å². The van der Waals surface area contributed by atoms with Crippen LogP contribution in [0.2, 0.25) is 0 Å². The van der Waals surface area contributed by atoms with Gasteiger partial charge in [-0.1, -0.05) is 261 Å². The highest BCUT2D eigenvalue weighted by atomic mass is 16.6. The van der Waals surface area contributed by atoms with Crippen molar-refractivity contribution in [1.29, 1.82) is 0 Å². The summed E-state index contributed by atoms with van der Waals surface area (Å²) in [7, 11) is 0. The zero-order valence-corrected chi connectivity index (χ0v) is 45.8. The third-order valence-electron chi connectivity index (χ3n) is 13.0. The third kappa shape index (κ3) is 55.9. The Hall–Kier alpha value is -2.89. The van der Waals surface area contributed by atoms with Crippen LogP contribution >= 0.6 is 0 Å². The molecule has 0 aliphatic carbocycles. The molecule has 6 nitrogen and oxygen atoms in total. The number of allylic oxidation sites excluding steroid dienone is 10. The van der Waals surface area contributed by atoms with Crippen LogP contribution in [0.1, 0.15) is 303 Å². The number of rotatable bonds is 54. The van der Waals surface area contributed by atoms with Gasteiger partial charge in [0.05, 0.1) is 0 Å². The van der Waals surface area contributed by atoms with Gasteiger partial charge < -0.3 is 14.2 Å². The first-order valence-electron chi connectivity index (χ1n) is 29.8. The molecule has 0 heterocycles. The Morgan fingerprint density at radius 2 is 0.565 bits per heavy atom. The second kappa shape index (κ2) is 57.7. The molecule has 0 radical (unpaired) electrons. The fraction of sp³-hybridized carbons (Fsp3) is 0.794. The average molecular weight is 966 g/mol. The number of hydrogen-bond donors (Lipinski definition) is 0. The van der Waals surface area contributed by atoms with E-state index in [1.54, 1.807) is 0 Å². The first-order valence-corrected chi connectivity index (χ1v) is 29.8. The van der Waals surface area contributed by atoms with Gasteiger partial charge in [-0.2, -0.15) is 0 Å². The minimum absolute atomic E-state index is 0.0767. The Morgan fingerprint density at radius 3 is 0.913 bits per heavy atom. The molecule has 0 bridgehead atoms. The standard InChI is InChI=1S/C63H112O6/c1-4-7-10-13-16-19-22-25-28-30-31-33-35-38-41-44-47-50-53-56-62(65)68-59-60(58-67-61(64)55-52-49-46-43-40-37-34-27-24-21-18-15-12-9-6-3)69-63(66)57-54-51-48-45-42-39-36-32-29-26-23-20-17-14-11-8-5-2/h8,11,16-17,19-20,25-26,28-29,60H,4-7,9-10,12-15,18,21-24,27,30-59H2,1-3H3/b11-8-,19-16-,20-17-,28-25-,29-26-. The quantitative estimate of drug-likeness (QED) is 0.0262. The maximum atomic E-state index is 12.9. The van der Waals surface area contributed by atoms with Crippen molar-refractivity contribution in [2.45, 2.75) is 309 Å². The molecule has 69 heavy (non-hydrogen) atoms. The Balaban J connectivity index is 4.37. The molecule has 0 spiro atoms. The van der Waals surface area contributed by atoms with Gasteiger partial charge in [0.15, 0.2) is 6.10 Å². The minimum Gasteiger partial charge on any atom is -0.462 e. The lowest BCUT2D eigenvalue weighted by atomic mass is 10.0. The highest BCUT2D eigenvalue weighted by molar-refractivity contribution is 5.71. The van der Waals surface area contributed by atoms with E-state index in [0.717, 1.165) is 89.9 Å². The fourth-order valence-electron chi connectivity index (χ4n) is 8.55. The minimum atomic E-state index is -0.780. The summed E-state index contributed by atoms with van der Waals surface area (Å²) in [6.45, 7) is 6.53. The third-order valence-corrected chi connectivity index (χ3v) is 13.0. The van der Waals surface area contributed by atoms with Gasteiger partial charge in [-0.3, -0.25) is 14.4 Å². The van der Waals surface area contributed by atoms with Crippen molar-refractivity contribution in [3.8, 4) is 0 Å². The van der Waals surface area contributed by atoms with Crippen molar-refractivity contribution >= 4 is 17.9 Å². The van der Waals surface area contributed by atoms with E-state index in [0.29, 0.717) is 19.3 Å². The van der Waals surface area contributed by atoms with Gasteiger partial charge in [0, 0.05) is 19.3 Å². The van der Waals surface area contributed by atoms with Gasteiger partial charge in [-0.05, 0) is 83.5 Å². The molecule has 0 aromatic rings. The first-order chi connectivity index (χ1) is 34.0. The Bertz CT molecular complexity index is 1250. The van der Waals surface area contributed by atoms with Gasteiger partial charge in [-0.15, -0.1) is 0 Å². The van der Waals surface area contributed by atoms with Crippen molar-refractivity contribution in [2.75, 3.05) is 13.2 Å². The SMILES string of the molecule is CC/C=C\C/C=C\C/C=C\CCCCCCCCCC(=O)OC(COC(=O)CCCCCCCCCCC/C=C\C/C=C\CCCCC)COC(=O)CCCCCCCCCCCCCCCCC. The molecular formula is C63H112O6. The summed E-state index contributed by atoms with van der Waals surface area (Å²) in [6.07, 6.45) is 72.1. The normalized spacial score (nSPS) is 12.4. The Labute approximate surface area is 428 Å². The molecule has 400 valence electrons. The van der Waals surface area contributed by atoms with Crippen LogP contribution in [0, 0.1) is 0 Å². The molecule has 0 fully saturated rings. The van der Waals surface area contributed by atoms with E-state index in [9.17, 15) is 14.4 Å². The number of ether oxygens (including phenoxy) is 3. The summed E-state index contributed by atoms with van der Waals surface area (Å²) in [4.78, 5) is 38.2. The van der Waals surface area contributed by atoms with Crippen LogP contribution in [-0.4, -0.2) is 37.2 Å². The summed E-state index contributed by atoms with van der Waals surface area (Å²) in [5, 5.41) is 0. The summed E-state index contributed by atoms with van der Waals surface area (Å²) < 4.78 is 16.9. The molecule has 6 heteroatoms. The largest absolute Gasteiger partial charge is 0.462 e. The van der Waals surface area contributed by atoms with Crippen LogP contribution in [0.25, 0.3) is 0 Å². The summed E-state index contributed by atoms with van der Waals surface area (Å²) in [5.41, 5.74) is 0. The molecule has 0 aliphatic rings. The van der Waals surface area contributed by atoms with E-state index in [-0.39, 0.29) is 31.1 Å². The zero-order chi connectivity index (χ0) is 50.0. The number of esters is 3. The highest BCUT2D eigenvalue weighted by Gasteiger charge is 2.19. The lowest BCUT2D eigenvalue weighted by molar-refractivity contribution is -0.167. The predicted molar refractivity (Wildman–Crippen MR) is 298 cm³/mol. The van der Waals surface area contributed by atoms with E-state index in [1.807, 2.05) is 0 Å². The Kier molecular flexibility index (Phi) is 55.3. The van der Waals surface area contributed by atoms with E-state index in [4.69, 9.17) is 14.2 Å². The first kappa shape index (κ1) is 66.1. The van der Waals surface area contributed by atoms with Gasteiger partial charge in [-0.25, -0.2) is 0 Å². The van der Waals surface area contributed by atoms with Crippen LogP contribution in [0.3, 0.4) is 0 Å². The van der Waals surface area contributed by atoms with Crippen molar-refractivity contribution in [3.05, 3.63) is 60.8 Å². The summed E-state index contributed by atoms with van der Waals surface area (Å²) in [6, 6.07) is 0. The lowest BCUT2D eigenvalue weighted by Gasteiger charge is -2.18. The number of carbonyl (C=O) groups excluding carboxylic acids is 3. The van der Waals surface area contributed by atoms with Gasteiger partial charge in [0.1, 0.15) is 13.2 Å². The molecule has 0 aromatic carbocycles. The molecule has 0 rings (SSSR count). The molecule has 1 atom stereocenters. The van der Waals surface area contributed by atoms with Crippen molar-refractivity contribution in [2.24, 2.45) is 0 Å². The topological polar surface area (TPSA) is 78.9 Å². The second-order valence-electron chi connectivity index (χ2n) is 19.9. The Morgan fingerprint density at radius 1 is 0.304 bits per heavy atom. The van der Waals surface area contributed by atoms with E-state index < -0.39 is 6.10 Å². The van der Waals surface area contributed by atoms with Crippen LogP contribution in [-0.2, 0) is 28.6 Å². The molecule has 0 saturated carbocycles. The maximum absolute atomic E-state index is 12.9. The molecular weight excluding hydrogens is 853 g/mol. The summed E-state index contributed by atoms with van der Waals surface area (Å²) >= 11 is 0. The molecule has 0 N–H and O–H groups in total. The molecule has 0 saturated heterocycles. The molecule has 0 aromatic heterocycles. The summed E-state index contributed by atoms with van der Waals surface area (Å²) in [5.74, 6) is -0.876. The smallest absolute Gasteiger partial charge is 0.306 e. The predicted octanol–water partition coefficient (Wildman–Crippen LogP) is 20.0. The van der Waals surface area contributed by atoms with Crippen LogP contribution in [0.15, 0.2) is 60.8 Å². The van der Waals surface area contributed by atoms with E-state index in [1.165, 1.54) is 173 Å². The van der Waals surface area contributed by atoms with Gasteiger partial charge >= 0.3 is 17.9 Å². The number of unbranched alkanes of at least 4 members (excludes halogenated alkanes) is 33. The maximum Gasteiger partial charge on any atom is 0.306 e. The monoisotopic (exact) mass is 965 g/mol. The van der Waals surface area contributed by atoms with Crippen molar-refractivity contribution in [3.63, 3.8) is 0 Å². The highest BCUT2D eigenvalue weighted by Crippen LogP contribution is 2.16. The van der Waals surface area contributed by atoms with Crippen LogP contribution in [0.5, 0.6) is 0 Å². The lowest BCUT2D eigenvalue weighted by Crippen LogP contribution is -2.30. The fourth-order valence-corrected chi connectivity index (χ4v) is 8.55. The number of hydrogen-bond acceptors (Lipinski definition) is 6.